The zero-order valence-corrected chi connectivity index (χ0v) is 10.0. The fraction of sp³-hybridized carbons (Fsp3) is 0.538. The fourth-order valence-corrected chi connectivity index (χ4v) is 1.71. The van der Waals surface area contributed by atoms with Crippen LogP contribution in [0.5, 0.6) is 0 Å². The minimum atomic E-state index is 0.0255. The molecule has 0 aliphatic carbocycles. The molecule has 1 unspecified atom stereocenters. The lowest BCUT2D eigenvalue weighted by Gasteiger charge is -2.14. The predicted octanol–water partition coefficient (Wildman–Crippen LogP) is 2.15. The zero-order chi connectivity index (χ0) is 12.0. The van der Waals surface area contributed by atoms with Gasteiger partial charge in [-0.1, -0.05) is 6.92 Å². The third-order valence-electron chi connectivity index (χ3n) is 2.60. The molecule has 0 amide bonds. The van der Waals surface area contributed by atoms with E-state index in [2.05, 4.69) is 23.0 Å². The van der Waals surface area contributed by atoms with E-state index >= 15 is 0 Å². The van der Waals surface area contributed by atoms with Crippen molar-refractivity contribution in [3.05, 3.63) is 23.0 Å². The Morgan fingerprint density at radius 1 is 1.50 bits per heavy atom. The van der Waals surface area contributed by atoms with Crippen molar-refractivity contribution in [2.45, 2.75) is 45.6 Å². The molecule has 0 aliphatic rings. The molecule has 0 aromatic carbocycles. The Balaban J connectivity index is 2.77. The van der Waals surface area contributed by atoms with E-state index in [-0.39, 0.29) is 6.04 Å². The lowest BCUT2D eigenvalue weighted by molar-refractivity contribution is 0.608. The van der Waals surface area contributed by atoms with Crippen LogP contribution in [0.3, 0.4) is 0 Å². The van der Waals surface area contributed by atoms with Crippen LogP contribution in [0.15, 0.2) is 6.07 Å². The summed E-state index contributed by atoms with van der Waals surface area (Å²) in [5.74, 6) is 2.63. The van der Waals surface area contributed by atoms with Crippen LogP contribution in [0.4, 0.5) is 0 Å². The summed E-state index contributed by atoms with van der Waals surface area (Å²) in [6, 6.07) is 2.06. The molecule has 1 aromatic heterocycles. The van der Waals surface area contributed by atoms with Crippen LogP contribution < -0.4 is 5.73 Å². The summed E-state index contributed by atoms with van der Waals surface area (Å²) in [7, 11) is 0. The van der Waals surface area contributed by atoms with Crippen LogP contribution in [0, 0.1) is 19.3 Å². The SMILES string of the molecule is C#CCCCC(N)c1cc(C)nnc1CC. The first-order chi connectivity index (χ1) is 7.69. The van der Waals surface area contributed by atoms with Gasteiger partial charge in [-0.3, -0.25) is 0 Å². The first-order valence-electron chi connectivity index (χ1n) is 5.71. The average Bonchev–Trinajstić information content (AvgIpc) is 2.29. The summed E-state index contributed by atoms with van der Waals surface area (Å²) in [4.78, 5) is 0. The van der Waals surface area contributed by atoms with Crippen molar-refractivity contribution in [1.29, 1.82) is 0 Å². The molecule has 1 heterocycles. The van der Waals surface area contributed by atoms with Gasteiger partial charge < -0.3 is 5.73 Å². The van der Waals surface area contributed by atoms with Gasteiger partial charge in [-0.2, -0.15) is 10.2 Å². The Bertz CT molecular complexity index is 379. The van der Waals surface area contributed by atoms with Gasteiger partial charge in [0.2, 0.25) is 0 Å². The minimum absolute atomic E-state index is 0.0255. The van der Waals surface area contributed by atoms with Crippen LogP contribution in [-0.2, 0) is 6.42 Å². The van der Waals surface area contributed by atoms with Crippen LogP contribution in [-0.4, -0.2) is 10.2 Å². The average molecular weight is 217 g/mol. The largest absolute Gasteiger partial charge is 0.324 e. The van der Waals surface area contributed by atoms with E-state index in [1.807, 2.05) is 13.0 Å². The van der Waals surface area contributed by atoms with Gasteiger partial charge in [0.25, 0.3) is 0 Å². The van der Waals surface area contributed by atoms with Crippen LogP contribution in [0.1, 0.15) is 49.2 Å². The standard InChI is InChI=1S/C13H19N3/c1-4-6-7-8-12(14)11-9-10(3)15-16-13(11)5-2/h1,9,12H,5-8,14H2,2-3H3. The molecular weight excluding hydrogens is 198 g/mol. The molecule has 86 valence electrons. The van der Waals surface area contributed by atoms with E-state index in [0.29, 0.717) is 0 Å². The molecule has 0 spiro atoms. The van der Waals surface area contributed by atoms with Crippen molar-refractivity contribution < 1.29 is 0 Å². The molecule has 1 rings (SSSR count). The first-order valence-corrected chi connectivity index (χ1v) is 5.71. The number of hydrogen-bond acceptors (Lipinski definition) is 3. The summed E-state index contributed by atoms with van der Waals surface area (Å²) in [5.41, 5.74) is 9.18. The van der Waals surface area contributed by atoms with Crippen molar-refractivity contribution >= 4 is 0 Å². The van der Waals surface area contributed by atoms with Crippen molar-refractivity contribution in [3.8, 4) is 12.3 Å². The number of aryl methyl sites for hydroxylation is 2. The lowest BCUT2D eigenvalue weighted by Crippen LogP contribution is -2.14. The van der Waals surface area contributed by atoms with Gasteiger partial charge >= 0.3 is 0 Å². The molecular formula is C13H19N3. The number of aromatic nitrogens is 2. The minimum Gasteiger partial charge on any atom is -0.324 e. The van der Waals surface area contributed by atoms with Crippen molar-refractivity contribution in [3.63, 3.8) is 0 Å². The van der Waals surface area contributed by atoms with Gasteiger partial charge in [0.05, 0.1) is 11.4 Å². The predicted molar refractivity (Wildman–Crippen MR) is 65.8 cm³/mol. The highest BCUT2D eigenvalue weighted by molar-refractivity contribution is 5.24. The number of terminal acetylenes is 1. The van der Waals surface area contributed by atoms with E-state index < -0.39 is 0 Å². The highest BCUT2D eigenvalue weighted by atomic mass is 15.1. The topological polar surface area (TPSA) is 51.8 Å². The van der Waals surface area contributed by atoms with Crippen molar-refractivity contribution in [2.75, 3.05) is 0 Å². The maximum Gasteiger partial charge on any atom is 0.0676 e. The molecule has 3 heteroatoms. The maximum absolute atomic E-state index is 6.14. The Kier molecular flexibility index (Phi) is 4.94. The molecule has 0 saturated carbocycles. The van der Waals surface area contributed by atoms with E-state index in [1.54, 1.807) is 0 Å². The second kappa shape index (κ2) is 6.24. The number of unbranched alkanes of at least 4 members (excludes halogenated alkanes) is 1. The van der Waals surface area contributed by atoms with E-state index in [9.17, 15) is 0 Å². The monoisotopic (exact) mass is 217 g/mol. The van der Waals surface area contributed by atoms with E-state index in [0.717, 1.165) is 42.6 Å². The molecule has 0 radical (unpaired) electrons. The van der Waals surface area contributed by atoms with Crippen LogP contribution in [0.25, 0.3) is 0 Å². The van der Waals surface area contributed by atoms with Gasteiger partial charge in [-0.25, -0.2) is 0 Å². The van der Waals surface area contributed by atoms with Gasteiger partial charge in [0, 0.05) is 12.5 Å². The summed E-state index contributed by atoms with van der Waals surface area (Å²) in [6.45, 7) is 4.00. The van der Waals surface area contributed by atoms with Crippen molar-refractivity contribution in [2.24, 2.45) is 5.73 Å². The Morgan fingerprint density at radius 2 is 2.25 bits per heavy atom. The number of hydrogen-bond donors (Lipinski definition) is 1. The van der Waals surface area contributed by atoms with Gasteiger partial charge in [-0.15, -0.1) is 12.3 Å². The maximum atomic E-state index is 6.14. The molecule has 1 aromatic rings. The van der Waals surface area contributed by atoms with Gasteiger partial charge in [-0.05, 0) is 37.8 Å². The second-order valence-corrected chi connectivity index (χ2v) is 3.94. The molecule has 2 N–H and O–H groups in total. The summed E-state index contributed by atoms with van der Waals surface area (Å²) >= 11 is 0. The van der Waals surface area contributed by atoms with Crippen LogP contribution >= 0.6 is 0 Å². The number of nitrogens with zero attached hydrogens (tertiary/aromatic N) is 2. The lowest BCUT2D eigenvalue weighted by atomic mass is 9.99. The second-order valence-electron chi connectivity index (χ2n) is 3.94. The Morgan fingerprint density at radius 3 is 2.88 bits per heavy atom. The fourth-order valence-electron chi connectivity index (χ4n) is 1.71. The third-order valence-corrected chi connectivity index (χ3v) is 2.60. The van der Waals surface area contributed by atoms with Gasteiger partial charge in [0.1, 0.15) is 0 Å². The highest BCUT2D eigenvalue weighted by Crippen LogP contribution is 2.20. The molecule has 0 aliphatic heterocycles. The van der Waals surface area contributed by atoms with Crippen LogP contribution in [0.2, 0.25) is 0 Å². The number of nitrogens with two attached hydrogens (primary N) is 1. The third kappa shape index (κ3) is 3.32. The van der Waals surface area contributed by atoms with E-state index in [4.69, 9.17) is 12.2 Å². The smallest absolute Gasteiger partial charge is 0.0676 e. The number of rotatable bonds is 5. The normalized spacial score (nSPS) is 12.1. The molecule has 0 saturated heterocycles. The Hall–Kier alpha value is -1.40. The molecule has 0 bridgehead atoms. The quantitative estimate of drug-likeness (QED) is 0.607. The van der Waals surface area contributed by atoms with Crippen molar-refractivity contribution in [1.82, 2.24) is 10.2 Å². The molecule has 1 atom stereocenters. The Labute approximate surface area is 97.5 Å². The van der Waals surface area contributed by atoms with E-state index in [1.165, 1.54) is 0 Å². The molecule has 16 heavy (non-hydrogen) atoms. The summed E-state index contributed by atoms with van der Waals surface area (Å²) in [6.07, 6.45) is 8.74. The molecule has 0 fully saturated rings. The zero-order valence-electron chi connectivity index (χ0n) is 10.0. The van der Waals surface area contributed by atoms with Gasteiger partial charge in [0.15, 0.2) is 0 Å². The highest BCUT2D eigenvalue weighted by Gasteiger charge is 2.11. The first kappa shape index (κ1) is 12.7. The molecule has 3 nitrogen and oxygen atoms in total. The summed E-state index contributed by atoms with van der Waals surface area (Å²) in [5, 5.41) is 8.23. The summed E-state index contributed by atoms with van der Waals surface area (Å²) < 4.78 is 0.